The van der Waals surface area contributed by atoms with E-state index in [-0.39, 0.29) is 18.6 Å². The van der Waals surface area contributed by atoms with Crippen LogP contribution in [-0.4, -0.2) is 49.7 Å². The Balaban J connectivity index is 1.65. The second-order valence-electron chi connectivity index (χ2n) is 4.35. The van der Waals surface area contributed by atoms with Crippen molar-refractivity contribution in [1.82, 2.24) is 10.2 Å². The third kappa shape index (κ3) is 3.18. The highest BCUT2D eigenvalue weighted by atomic mass is 16.5. The number of nitrogens with one attached hydrogen (secondary N) is 1. The van der Waals surface area contributed by atoms with Gasteiger partial charge in [-0.05, 0) is 38.8 Å². The Morgan fingerprint density at radius 1 is 1.27 bits per heavy atom. The molecule has 2 heterocycles. The summed E-state index contributed by atoms with van der Waals surface area (Å²) in [7, 11) is 0. The predicted octanol–water partition coefficient (Wildman–Crippen LogP) is 0.377. The monoisotopic (exact) mass is 212 g/mol. The molecular weight excluding hydrogens is 192 g/mol. The van der Waals surface area contributed by atoms with Gasteiger partial charge < -0.3 is 15.0 Å². The molecule has 1 N–H and O–H groups in total. The normalized spacial score (nSPS) is 23.3. The van der Waals surface area contributed by atoms with Crippen molar-refractivity contribution < 1.29 is 9.53 Å². The van der Waals surface area contributed by atoms with Crippen LogP contribution in [-0.2, 0) is 9.53 Å². The minimum Gasteiger partial charge on any atom is -0.368 e. The Morgan fingerprint density at radius 3 is 2.60 bits per heavy atom. The van der Waals surface area contributed by atoms with Crippen LogP contribution in [0.2, 0.25) is 0 Å². The summed E-state index contributed by atoms with van der Waals surface area (Å²) in [5, 5.41) is 3.28. The second kappa shape index (κ2) is 5.47. The average Bonchev–Trinajstić information content (AvgIpc) is 2.81. The van der Waals surface area contributed by atoms with Crippen LogP contribution >= 0.6 is 0 Å². The van der Waals surface area contributed by atoms with E-state index >= 15 is 0 Å². The molecule has 1 amide bonds. The average molecular weight is 212 g/mol. The molecule has 86 valence electrons. The molecule has 2 aliphatic heterocycles. The zero-order chi connectivity index (χ0) is 10.5. The Bertz CT molecular complexity index is 209. The standard InChI is InChI=1S/C11H20N2O2/c14-11(13-7-1-2-8-13)9-15-10-3-5-12-6-4-10/h10,12H,1-9H2. The molecule has 0 unspecified atom stereocenters. The van der Waals surface area contributed by atoms with E-state index in [0.29, 0.717) is 0 Å². The lowest BCUT2D eigenvalue weighted by Crippen LogP contribution is -2.36. The Kier molecular flexibility index (Phi) is 3.97. The van der Waals surface area contributed by atoms with Crippen LogP contribution in [0.4, 0.5) is 0 Å². The molecule has 4 nitrogen and oxygen atoms in total. The molecular formula is C11H20N2O2. The van der Waals surface area contributed by atoms with Crippen molar-refractivity contribution in [2.24, 2.45) is 0 Å². The smallest absolute Gasteiger partial charge is 0.248 e. The summed E-state index contributed by atoms with van der Waals surface area (Å²) < 4.78 is 5.63. The first kappa shape index (κ1) is 10.9. The zero-order valence-electron chi connectivity index (χ0n) is 9.21. The molecule has 15 heavy (non-hydrogen) atoms. The van der Waals surface area contributed by atoms with Gasteiger partial charge in [0.2, 0.25) is 5.91 Å². The summed E-state index contributed by atoms with van der Waals surface area (Å²) >= 11 is 0. The Hall–Kier alpha value is -0.610. The van der Waals surface area contributed by atoms with Crippen molar-refractivity contribution in [1.29, 1.82) is 0 Å². The van der Waals surface area contributed by atoms with E-state index in [1.165, 1.54) is 0 Å². The maximum atomic E-state index is 11.7. The highest BCUT2D eigenvalue weighted by molar-refractivity contribution is 5.77. The fourth-order valence-corrected chi connectivity index (χ4v) is 2.21. The quantitative estimate of drug-likeness (QED) is 0.735. The fraction of sp³-hybridized carbons (Fsp3) is 0.909. The van der Waals surface area contributed by atoms with E-state index in [2.05, 4.69) is 5.32 Å². The molecule has 2 aliphatic rings. The molecule has 0 aliphatic carbocycles. The van der Waals surface area contributed by atoms with Crippen LogP contribution in [0.25, 0.3) is 0 Å². The first-order valence-corrected chi connectivity index (χ1v) is 5.96. The number of hydrogen-bond acceptors (Lipinski definition) is 3. The van der Waals surface area contributed by atoms with Crippen molar-refractivity contribution >= 4 is 5.91 Å². The van der Waals surface area contributed by atoms with Crippen molar-refractivity contribution in [3.05, 3.63) is 0 Å². The van der Waals surface area contributed by atoms with Gasteiger partial charge in [-0.3, -0.25) is 4.79 Å². The highest BCUT2D eigenvalue weighted by Gasteiger charge is 2.20. The largest absolute Gasteiger partial charge is 0.368 e. The fourth-order valence-electron chi connectivity index (χ4n) is 2.21. The number of nitrogens with zero attached hydrogens (tertiary/aromatic N) is 1. The van der Waals surface area contributed by atoms with Gasteiger partial charge in [0.15, 0.2) is 0 Å². The number of carbonyl (C=O) groups is 1. The zero-order valence-corrected chi connectivity index (χ0v) is 9.21. The number of piperidine rings is 1. The lowest BCUT2D eigenvalue weighted by atomic mass is 10.1. The van der Waals surface area contributed by atoms with E-state index in [4.69, 9.17) is 4.74 Å². The number of hydrogen-bond donors (Lipinski definition) is 1. The maximum absolute atomic E-state index is 11.7. The number of ether oxygens (including phenoxy) is 1. The lowest BCUT2D eigenvalue weighted by molar-refractivity contribution is -0.137. The molecule has 0 aromatic rings. The van der Waals surface area contributed by atoms with Gasteiger partial charge in [0.05, 0.1) is 6.10 Å². The molecule has 0 aromatic heterocycles. The van der Waals surface area contributed by atoms with E-state index in [9.17, 15) is 4.79 Å². The van der Waals surface area contributed by atoms with Gasteiger partial charge in [-0.25, -0.2) is 0 Å². The second-order valence-corrected chi connectivity index (χ2v) is 4.35. The van der Waals surface area contributed by atoms with E-state index in [1.54, 1.807) is 0 Å². The molecule has 4 heteroatoms. The highest BCUT2D eigenvalue weighted by Crippen LogP contribution is 2.10. The molecule has 0 bridgehead atoms. The number of carbonyl (C=O) groups excluding carboxylic acids is 1. The van der Waals surface area contributed by atoms with Crippen molar-refractivity contribution in [2.75, 3.05) is 32.8 Å². The van der Waals surface area contributed by atoms with E-state index < -0.39 is 0 Å². The number of amides is 1. The van der Waals surface area contributed by atoms with Crippen molar-refractivity contribution in [2.45, 2.75) is 31.8 Å². The van der Waals surface area contributed by atoms with Gasteiger partial charge in [0.25, 0.3) is 0 Å². The van der Waals surface area contributed by atoms with Gasteiger partial charge in [-0.1, -0.05) is 0 Å². The summed E-state index contributed by atoms with van der Waals surface area (Å²) in [5.41, 5.74) is 0. The number of likely N-dealkylation sites (tertiary alicyclic amines) is 1. The third-order valence-electron chi connectivity index (χ3n) is 3.19. The van der Waals surface area contributed by atoms with Gasteiger partial charge in [-0.2, -0.15) is 0 Å². The molecule has 0 radical (unpaired) electrons. The molecule has 0 aromatic carbocycles. The van der Waals surface area contributed by atoms with Gasteiger partial charge in [0.1, 0.15) is 6.61 Å². The minimum atomic E-state index is 0.172. The Labute approximate surface area is 91.0 Å². The third-order valence-corrected chi connectivity index (χ3v) is 3.19. The first-order valence-electron chi connectivity index (χ1n) is 5.96. The molecule has 2 saturated heterocycles. The van der Waals surface area contributed by atoms with Crippen LogP contribution in [0.15, 0.2) is 0 Å². The van der Waals surface area contributed by atoms with Gasteiger partial charge in [0, 0.05) is 13.1 Å². The molecule has 2 fully saturated rings. The van der Waals surface area contributed by atoms with Crippen LogP contribution in [0, 0.1) is 0 Å². The summed E-state index contributed by atoms with van der Waals surface area (Å²) in [6, 6.07) is 0. The van der Waals surface area contributed by atoms with Gasteiger partial charge in [-0.15, -0.1) is 0 Å². The van der Waals surface area contributed by atoms with Crippen LogP contribution in [0.5, 0.6) is 0 Å². The van der Waals surface area contributed by atoms with E-state index in [0.717, 1.165) is 51.9 Å². The maximum Gasteiger partial charge on any atom is 0.248 e. The minimum absolute atomic E-state index is 0.172. The van der Waals surface area contributed by atoms with Crippen molar-refractivity contribution in [3.8, 4) is 0 Å². The number of rotatable bonds is 3. The van der Waals surface area contributed by atoms with Gasteiger partial charge >= 0.3 is 0 Å². The predicted molar refractivity (Wildman–Crippen MR) is 57.7 cm³/mol. The molecule has 0 saturated carbocycles. The molecule has 0 spiro atoms. The summed E-state index contributed by atoms with van der Waals surface area (Å²) in [5.74, 6) is 0.172. The van der Waals surface area contributed by atoms with Crippen LogP contribution < -0.4 is 5.32 Å². The summed E-state index contributed by atoms with van der Waals surface area (Å²) in [4.78, 5) is 13.6. The molecule has 2 rings (SSSR count). The summed E-state index contributed by atoms with van der Waals surface area (Å²) in [6.07, 6.45) is 4.66. The van der Waals surface area contributed by atoms with Crippen molar-refractivity contribution in [3.63, 3.8) is 0 Å². The lowest BCUT2D eigenvalue weighted by Gasteiger charge is -2.24. The van der Waals surface area contributed by atoms with Crippen LogP contribution in [0.3, 0.4) is 0 Å². The summed E-state index contributed by atoms with van der Waals surface area (Å²) in [6.45, 7) is 4.17. The SMILES string of the molecule is O=C(COC1CCNCC1)N1CCCC1. The van der Waals surface area contributed by atoms with Crippen LogP contribution in [0.1, 0.15) is 25.7 Å². The van der Waals surface area contributed by atoms with E-state index in [1.807, 2.05) is 4.90 Å². The molecule has 0 atom stereocenters. The first-order chi connectivity index (χ1) is 7.36. The topological polar surface area (TPSA) is 41.6 Å². The Morgan fingerprint density at radius 2 is 1.93 bits per heavy atom.